The Morgan fingerprint density at radius 3 is 2.29 bits per heavy atom. The molecule has 190 valence electrons. The monoisotopic (exact) mass is 519 g/mol. The quantitative estimate of drug-likeness (QED) is 0.507. The molecule has 1 saturated heterocycles. The van der Waals surface area contributed by atoms with Gasteiger partial charge in [-0.1, -0.05) is 55.2 Å². The van der Waals surface area contributed by atoms with Crippen LogP contribution in [0.2, 0.25) is 10.0 Å². The molecule has 2 aromatic rings. The largest absolute Gasteiger partial charge is 0.444 e. The second kappa shape index (κ2) is 11.1. The lowest BCUT2D eigenvalue weighted by Gasteiger charge is -2.44. The van der Waals surface area contributed by atoms with E-state index < -0.39 is 17.7 Å². The number of piperazine rings is 1. The van der Waals surface area contributed by atoms with Crippen LogP contribution in [0.25, 0.3) is 0 Å². The number of nitrogens with one attached hydrogen (secondary N) is 1. The van der Waals surface area contributed by atoms with Gasteiger partial charge in [0, 0.05) is 24.7 Å². The van der Waals surface area contributed by atoms with Crippen molar-refractivity contribution in [3.8, 4) is 0 Å². The summed E-state index contributed by atoms with van der Waals surface area (Å²) in [6.45, 7) is 12.8. The third kappa shape index (κ3) is 7.05. The molecule has 3 rings (SSSR count). The first-order valence-electron chi connectivity index (χ1n) is 11.9. The average Bonchev–Trinajstić information content (AvgIpc) is 2.76. The number of alkyl carbamates (subject to hydrolysis) is 1. The molecule has 1 fully saturated rings. The molecule has 0 spiro atoms. The van der Waals surface area contributed by atoms with Gasteiger partial charge in [0.2, 0.25) is 5.91 Å². The number of ether oxygens (including phenoxy) is 1. The lowest BCUT2D eigenvalue weighted by atomic mass is 9.98. The summed E-state index contributed by atoms with van der Waals surface area (Å²) in [5, 5.41) is 4.11. The Kier molecular flexibility index (Phi) is 8.60. The molecule has 0 unspecified atom stereocenters. The topological polar surface area (TPSA) is 61.9 Å². The molecule has 8 heteroatoms. The number of aryl methyl sites for hydroxylation is 1. The smallest absolute Gasteiger partial charge is 0.408 e. The molecule has 35 heavy (non-hydrogen) atoms. The Hall–Kier alpha value is -2.44. The van der Waals surface area contributed by atoms with Gasteiger partial charge >= 0.3 is 6.09 Å². The normalized spacial score (nSPS) is 17.3. The van der Waals surface area contributed by atoms with Crippen molar-refractivity contribution in [3.63, 3.8) is 0 Å². The van der Waals surface area contributed by atoms with E-state index in [-0.39, 0.29) is 17.9 Å². The van der Waals surface area contributed by atoms with E-state index >= 15 is 0 Å². The van der Waals surface area contributed by atoms with Crippen LogP contribution in [0, 0.1) is 12.8 Å². The van der Waals surface area contributed by atoms with Crippen molar-refractivity contribution in [3.05, 3.63) is 63.6 Å². The van der Waals surface area contributed by atoms with Gasteiger partial charge in [0.15, 0.2) is 0 Å². The third-order valence-electron chi connectivity index (χ3n) is 5.96. The lowest BCUT2D eigenvalue weighted by molar-refractivity contribution is -0.135. The molecule has 1 N–H and O–H groups in total. The van der Waals surface area contributed by atoms with Crippen molar-refractivity contribution < 1.29 is 14.3 Å². The van der Waals surface area contributed by atoms with E-state index in [1.54, 1.807) is 20.8 Å². The van der Waals surface area contributed by atoms with Crippen molar-refractivity contribution in [2.45, 2.75) is 59.2 Å². The highest BCUT2D eigenvalue weighted by Crippen LogP contribution is 2.36. The minimum atomic E-state index is -0.690. The van der Waals surface area contributed by atoms with E-state index in [0.717, 1.165) is 16.8 Å². The predicted octanol–water partition coefficient (Wildman–Crippen LogP) is 6.24. The summed E-state index contributed by atoms with van der Waals surface area (Å²) in [4.78, 5) is 30.1. The van der Waals surface area contributed by atoms with Gasteiger partial charge < -0.3 is 19.9 Å². The second-order valence-electron chi connectivity index (χ2n) is 10.4. The van der Waals surface area contributed by atoms with Crippen LogP contribution in [0.15, 0.2) is 42.5 Å². The molecule has 0 saturated carbocycles. The van der Waals surface area contributed by atoms with Crippen LogP contribution in [-0.4, -0.2) is 48.2 Å². The number of amides is 2. The summed E-state index contributed by atoms with van der Waals surface area (Å²) in [6.07, 6.45) is -0.594. The van der Waals surface area contributed by atoms with E-state index in [4.69, 9.17) is 27.9 Å². The standard InChI is InChI=1S/C27H35Cl2N3O3/c1-17(2)24(30-26(34)35-27(4,5)6)25(33)31-13-14-32(22-12-7-18(3)15-21(22)29)23(16-31)19-8-10-20(28)11-9-19/h7-12,15,17,23-24H,13-14,16H2,1-6H3,(H,30,34)/t23-,24-/m0/s1. The van der Waals surface area contributed by atoms with E-state index in [9.17, 15) is 9.59 Å². The molecular formula is C27H35Cl2N3O3. The highest BCUT2D eigenvalue weighted by atomic mass is 35.5. The van der Waals surface area contributed by atoms with Crippen LogP contribution in [0.4, 0.5) is 10.5 Å². The maximum atomic E-state index is 13.6. The SMILES string of the molecule is Cc1ccc(N2CCN(C(=O)[C@@H](NC(=O)OC(C)(C)C)C(C)C)C[C@H]2c2ccc(Cl)cc2)c(Cl)c1. The average molecular weight is 521 g/mol. The van der Waals surface area contributed by atoms with Gasteiger partial charge in [-0.3, -0.25) is 4.79 Å². The fourth-order valence-corrected chi connectivity index (χ4v) is 4.70. The summed E-state index contributed by atoms with van der Waals surface area (Å²) < 4.78 is 5.40. The number of halogens is 2. The van der Waals surface area contributed by atoms with E-state index in [1.165, 1.54) is 0 Å². The van der Waals surface area contributed by atoms with Crippen LogP contribution in [0.5, 0.6) is 0 Å². The highest BCUT2D eigenvalue weighted by Gasteiger charge is 2.36. The molecule has 1 aliphatic rings. The van der Waals surface area contributed by atoms with Crippen LogP contribution < -0.4 is 10.2 Å². The zero-order chi connectivity index (χ0) is 25.9. The van der Waals surface area contributed by atoms with Crippen LogP contribution in [0.3, 0.4) is 0 Å². The van der Waals surface area contributed by atoms with Crippen molar-refractivity contribution in [1.29, 1.82) is 0 Å². The Labute approximate surface area is 218 Å². The Balaban J connectivity index is 1.87. The van der Waals surface area contributed by atoms with Crippen LogP contribution in [0.1, 0.15) is 51.8 Å². The molecule has 0 aromatic heterocycles. The molecule has 0 bridgehead atoms. The third-order valence-corrected chi connectivity index (χ3v) is 6.52. The maximum absolute atomic E-state index is 13.6. The summed E-state index contributed by atoms with van der Waals surface area (Å²) in [7, 11) is 0. The molecule has 6 nitrogen and oxygen atoms in total. The predicted molar refractivity (Wildman–Crippen MR) is 142 cm³/mol. The number of nitrogens with zero attached hydrogens (tertiary/aromatic N) is 2. The van der Waals surface area contributed by atoms with Gasteiger partial charge in [0.25, 0.3) is 0 Å². The van der Waals surface area contributed by atoms with E-state index in [2.05, 4.69) is 10.2 Å². The molecular weight excluding hydrogens is 485 g/mol. The number of carbonyl (C=O) groups excluding carboxylic acids is 2. The van der Waals surface area contributed by atoms with Gasteiger partial charge in [0.05, 0.1) is 16.8 Å². The number of hydrogen-bond donors (Lipinski definition) is 1. The maximum Gasteiger partial charge on any atom is 0.408 e. The zero-order valence-corrected chi connectivity index (χ0v) is 22.8. The highest BCUT2D eigenvalue weighted by molar-refractivity contribution is 6.33. The molecule has 1 heterocycles. The van der Waals surface area contributed by atoms with Gasteiger partial charge in [0.1, 0.15) is 11.6 Å². The van der Waals surface area contributed by atoms with Crippen molar-refractivity contribution in [1.82, 2.24) is 10.2 Å². The number of hydrogen-bond acceptors (Lipinski definition) is 4. The summed E-state index contributed by atoms with van der Waals surface area (Å²) in [5.74, 6) is -0.229. The number of carbonyl (C=O) groups is 2. The first-order chi connectivity index (χ1) is 16.4. The number of rotatable bonds is 5. The van der Waals surface area contributed by atoms with Gasteiger partial charge in [-0.2, -0.15) is 0 Å². The minimum absolute atomic E-state index is 0.103. The molecule has 2 aromatic carbocycles. The summed E-state index contributed by atoms with van der Waals surface area (Å²) in [5.41, 5.74) is 2.40. The number of benzene rings is 2. The summed E-state index contributed by atoms with van der Waals surface area (Å²) >= 11 is 12.8. The molecule has 0 aliphatic carbocycles. The van der Waals surface area contributed by atoms with Crippen LogP contribution in [-0.2, 0) is 9.53 Å². The molecule has 1 aliphatic heterocycles. The molecule has 0 radical (unpaired) electrons. The first kappa shape index (κ1) is 27.2. The van der Waals surface area contributed by atoms with Crippen molar-refractivity contribution >= 4 is 40.9 Å². The van der Waals surface area contributed by atoms with Gasteiger partial charge in [-0.15, -0.1) is 0 Å². The second-order valence-corrected chi connectivity index (χ2v) is 11.2. The zero-order valence-electron chi connectivity index (χ0n) is 21.3. The number of anilines is 1. The van der Waals surface area contributed by atoms with E-state index in [0.29, 0.717) is 29.7 Å². The lowest BCUT2D eigenvalue weighted by Crippen LogP contribution is -2.57. The fraction of sp³-hybridized carbons (Fsp3) is 0.481. The summed E-state index contributed by atoms with van der Waals surface area (Å²) in [6, 6.07) is 12.9. The van der Waals surface area contributed by atoms with Crippen LogP contribution >= 0.6 is 23.2 Å². The Morgan fingerprint density at radius 1 is 1.06 bits per heavy atom. The fourth-order valence-electron chi connectivity index (χ4n) is 4.23. The van der Waals surface area contributed by atoms with Gasteiger partial charge in [-0.25, -0.2) is 4.79 Å². The molecule has 2 atom stereocenters. The Bertz CT molecular complexity index is 1050. The molecule has 2 amide bonds. The Morgan fingerprint density at radius 2 is 1.71 bits per heavy atom. The van der Waals surface area contributed by atoms with Crippen molar-refractivity contribution in [2.24, 2.45) is 5.92 Å². The minimum Gasteiger partial charge on any atom is -0.444 e. The van der Waals surface area contributed by atoms with Crippen molar-refractivity contribution in [2.75, 3.05) is 24.5 Å². The van der Waals surface area contributed by atoms with Gasteiger partial charge in [-0.05, 0) is 69.0 Å². The first-order valence-corrected chi connectivity index (χ1v) is 12.7. The van der Waals surface area contributed by atoms with E-state index in [1.807, 2.05) is 68.1 Å².